The van der Waals surface area contributed by atoms with Gasteiger partial charge in [-0.2, -0.15) is 0 Å². The molecule has 0 atom stereocenters. The zero-order valence-electron chi connectivity index (χ0n) is 11.4. The minimum absolute atomic E-state index is 1.11. The van der Waals surface area contributed by atoms with Gasteiger partial charge in [-0.15, -0.1) is 0 Å². The number of benzene rings is 3. The van der Waals surface area contributed by atoms with Crippen LogP contribution in [0.4, 0.5) is 11.4 Å². The summed E-state index contributed by atoms with van der Waals surface area (Å²) in [5.74, 6) is 0. The molecule has 0 aromatic heterocycles. The maximum absolute atomic E-state index is 3.45. The first-order chi connectivity index (χ1) is 9.43. The number of fused-ring (bicyclic) bond motifs is 1. The van der Waals surface area contributed by atoms with Gasteiger partial charge < -0.3 is 5.32 Å². The molecular formula is C18H19N. The van der Waals surface area contributed by atoms with Gasteiger partial charge in [0, 0.05) is 16.8 Å². The molecule has 0 spiro atoms. The van der Waals surface area contributed by atoms with Crippen LogP contribution in [0.2, 0.25) is 0 Å². The third-order valence-corrected chi connectivity index (χ3v) is 2.84. The summed E-state index contributed by atoms with van der Waals surface area (Å²) in [4.78, 5) is 0. The van der Waals surface area contributed by atoms with Crippen molar-refractivity contribution in [2.24, 2.45) is 0 Å². The molecule has 0 unspecified atom stereocenters. The highest BCUT2D eigenvalue weighted by Crippen LogP contribution is 2.25. The van der Waals surface area contributed by atoms with Crippen molar-refractivity contribution in [1.29, 1.82) is 0 Å². The fourth-order valence-corrected chi connectivity index (χ4v) is 2.01. The lowest BCUT2D eigenvalue weighted by Crippen LogP contribution is -1.90. The van der Waals surface area contributed by atoms with E-state index in [2.05, 4.69) is 59.9 Å². The maximum Gasteiger partial charge on any atom is 0.0463 e. The number of anilines is 2. The van der Waals surface area contributed by atoms with Crippen molar-refractivity contribution < 1.29 is 0 Å². The number of hydrogen-bond donors (Lipinski definition) is 1. The zero-order valence-corrected chi connectivity index (χ0v) is 11.4. The highest BCUT2D eigenvalue weighted by molar-refractivity contribution is 5.95. The molecule has 3 aromatic carbocycles. The normalized spacial score (nSPS) is 9.58. The standard InChI is InChI=1S/C16H13N.C2H6/c1-2-9-14(10-3-1)17-16-12-6-8-13-7-4-5-11-15(13)16;1-2/h1-12,17H;1-2H3. The van der Waals surface area contributed by atoms with Crippen LogP contribution in [0, 0.1) is 0 Å². The lowest BCUT2D eigenvalue weighted by atomic mass is 10.1. The Labute approximate surface area is 114 Å². The lowest BCUT2D eigenvalue weighted by molar-refractivity contribution is 1.50. The van der Waals surface area contributed by atoms with Gasteiger partial charge >= 0.3 is 0 Å². The summed E-state index contributed by atoms with van der Waals surface area (Å²) >= 11 is 0. The van der Waals surface area contributed by atoms with E-state index in [4.69, 9.17) is 0 Å². The largest absolute Gasteiger partial charge is 0.355 e. The Bertz CT molecular complexity index is 624. The van der Waals surface area contributed by atoms with Crippen LogP contribution in [0.3, 0.4) is 0 Å². The van der Waals surface area contributed by atoms with Gasteiger partial charge in [0.05, 0.1) is 0 Å². The average Bonchev–Trinajstić information content (AvgIpc) is 2.51. The molecule has 0 amide bonds. The fraction of sp³-hybridized carbons (Fsp3) is 0.111. The van der Waals surface area contributed by atoms with Crippen LogP contribution in [0.1, 0.15) is 13.8 Å². The summed E-state index contributed by atoms with van der Waals surface area (Å²) in [6.07, 6.45) is 0. The maximum atomic E-state index is 3.45. The van der Waals surface area contributed by atoms with Crippen LogP contribution in [-0.4, -0.2) is 0 Å². The van der Waals surface area contributed by atoms with Gasteiger partial charge in [0.25, 0.3) is 0 Å². The summed E-state index contributed by atoms with van der Waals surface area (Å²) in [5, 5.41) is 5.95. The summed E-state index contributed by atoms with van der Waals surface area (Å²) in [5.41, 5.74) is 2.26. The van der Waals surface area contributed by atoms with Gasteiger partial charge in [0.2, 0.25) is 0 Å². The Morgan fingerprint density at radius 2 is 1.26 bits per heavy atom. The van der Waals surface area contributed by atoms with Crippen LogP contribution >= 0.6 is 0 Å². The molecule has 0 aliphatic heterocycles. The number of rotatable bonds is 2. The molecule has 19 heavy (non-hydrogen) atoms. The van der Waals surface area contributed by atoms with E-state index in [1.807, 2.05) is 32.0 Å². The first-order valence-electron chi connectivity index (χ1n) is 6.73. The van der Waals surface area contributed by atoms with Gasteiger partial charge in [-0.25, -0.2) is 0 Å². The molecule has 96 valence electrons. The molecule has 0 heterocycles. The van der Waals surface area contributed by atoms with Crippen molar-refractivity contribution >= 4 is 22.1 Å². The van der Waals surface area contributed by atoms with Crippen molar-refractivity contribution in [3.05, 3.63) is 72.8 Å². The molecule has 0 aliphatic rings. The molecule has 1 N–H and O–H groups in total. The van der Waals surface area contributed by atoms with Crippen molar-refractivity contribution in [1.82, 2.24) is 0 Å². The molecule has 0 saturated carbocycles. The second-order valence-corrected chi connectivity index (χ2v) is 4.02. The lowest BCUT2D eigenvalue weighted by Gasteiger charge is -2.09. The summed E-state index contributed by atoms with van der Waals surface area (Å²) < 4.78 is 0. The van der Waals surface area contributed by atoms with Crippen LogP contribution in [0.5, 0.6) is 0 Å². The van der Waals surface area contributed by atoms with E-state index in [9.17, 15) is 0 Å². The highest BCUT2D eigenvalue weighted by Gasteiger charge is 1.99. The number of nitrogens with one attached hydrogen (secondary N) is 1. The monoisotopic (exact) mass is 249 g/mol. The zero-order chi connectivity index (χ0) is 13.5. The minimum atomic E-state index is 1.11. The first-order valence-corrected chi connectivity index (χ1v) is 6.73. The molecule has 0 radical (unpaired) electrons. The molecule has 1 nitrogen and oxygen atoms in total. The highest BCUT2D eigenvalue weighted by atomic mass is 14.9. The Balaban J connectivity index is 0.000000637. The van der Waals surface area contributed by atoms with Crippen molar-refractivity contribution in [2.75, 3.05) is 5.32 Å². The van der Waals surface area contributed by atoms with Crippen LogP contribution in [0.25, 0.3) is 10.8 Å². The van der Waals surface area contributed by atoms with E-state index < -0.39 is 0 Å². The number of hydrogen-bond acceptors (Lipinski definition) is 1. The van der Waals surface area contributed by atoms with E-state index in [0.717, 1.165) is 11.4 Å². The topological polar surface area (TPSA) is 12.0 Å². The van der Waals surface area contributed by atoms with Crippen LogP contribution in [-0.2, 0) is 0 Å². The van der Waals surface area contributed by atoms with Crippen molar-refractivity contribution in [3.8, 4) is 0 Å². The van der Waals surface area contributed by atoms with E-state index in [0.29, 0.717) is 0 Å². The molecule has 3 aromatic rings. The fourth-order valence-electron chi connectivity index (χ4n) is 2.01. The Morgan fingerprint density at radius 1 is 0.632 bits per heavy atom. The van der Waals surface area contributed by atoms with Gasteiger partial charge in [-0.05, 0) is 23.6 Å². The Kier molecular flexibility index (Phi) is 4.57. The van der Waals surface area contributed by atoms with Crippen LogP contribution in [0.15, 0.2) is 72.8 Å². The molecule has 3 rings (SSSR count). The minimum Gasteiger partial charge on any atom is -0.355 e. The molecule has 0 bridgehead atoms. The molecular weight excluding hydrogens is 230 g/mol. The third-order valence-electron chi connectivity index (χ3n) is 2.84. The molecule has 1 heteroatoms. The van der Waals surface area contributed by atoms with Crippen LogP contribution < -0.4 is 5.32 Å². The van der Waals surface area contributed by atoms with Crippen molar-refractivity contribution in [3.63, 3.8) is 0 Å². The third kappa shape index (κ3) is 3.14. The smallest absolute Gasteiger partial charge is 0.0463 e. The number of para-hydroxylation sites is 1. The Morgan fingerprint density at radius 3 is 2.05 bits per heavy atom. The van der Waals surface area contributed by atoms with Gasteiger partial charge in [0.15, 0.2) is 0 Å². The second kappa shape index (κ2) is 6.60. The predicted molar refractivity (Wildman–Crippen MR) is 85.0 cm³/mol. The van der Waals surface area contributed by atoms with Gasteiger partial charge in [0.1, 0.15) is 0 Å². The van der Waals surface area contributed by atoms with Gasteiger partial charge in [-0.1, -0.05) is 68.4 Å². The van der Waals surface area contributed by atoms with Gasteiger partial charge in [-0.3, -0.25) is 0 Å². The SMILES string of the molecule is CC.c1ccc(Nc2cccc3ccccc23)cc1. The quantitative estimate of drug-likeness (QED) is 0.622. The summed E-state index contributed by atoms with van der Waals surface area (Å²) in [7, 11) is 0. The summed E-state index contributed by atoms with van der Waals surface area (Å²) in [6, 6.07) is 25.0. The van der Waals surface area contributed by atoms with E-state index >= 15 is 0 Å². The molecule has 0 saturated heterocycles. The van der Waals surface area contributed by atoms with E-state index in [1.54, 1.807) is 0 Å². The Hall–Kier alpha value is -2.28. The van der Waals surface area contributed by atoms with Crippen molar-refractivity contribution in [2.45, 2.75) is 13.8 Å². The summed E-state index contributed by atoms with van der Waals surface area (Å²) in [6.45, 7) is 4.00. The molecule has 0 aliphatic carbocycles. The molecule has 0 fully saturated rings. The average molecular weight is 249 g/mol. The van der Waals surface area contributed by atoms with E-state index in [-0.39, 0.29) is 0 Å². The predicted octanol–water partition coefficient (Wildman–Crippen LogP) is 5.61. The first kappa shape index (κ1) is 13.2. The second-order valence-electron chi connectivity index (χ2n) is 4.02. The van der Waals surface area contributed by atoms with E-state index in [1.165, 1.54) is 10.8 Å².